The summed E-state index contributed by atoms with van der Waals surface area (Å²) >= 11 is 0. The number of nitrogens with one attached hydrogen (secondary N) is 1. The Morgan fingerprint density at radius 1 is 1.40 bits per heavy atom. The summed E-state index contributed by atoms with van der Waals surface area (Å²) in [4.78, 5) is 0. The van der Waals surface area contributed by atoms with Gasteiger partial charge in [-0.05, 0) is 31.7 Å². The van der Waals surface area contributed by atoms with Crippen molar-refractivity contribution >= 4 is 10.0 Å². The molecule has 0 radical (unpaired) electrons. The fraction of sp³-hybridized carbons (Fsp3) is 1.00. The number of hydrogen-bond donors (Lipinski definition) is 2. The normalized spacial score (nSPS) is 27.9. The molecule has 1 aliphatic carbocycles. The van der Waals surface area contributed by atoms with Gasteiger partial charge in [-0.3, -0.25) is 0 Å². The summed E-state index contributed by atoms with van der Waals surface area (Å²) in [5, 5.41) is 8.33. The van der Waals surface area contributed by atoms with Gasteiger partial charge in [0.05, 0.1) is 5.75 Å². The van der Waals surface area contributed by atoms with E-state index in [0.29, 0.717) is 12.5 Å². The Labute approximate surface area is 92.7 Å². The van der Waals surface area contributed by atoms with Crippen LogP contribution < -0.4 is 10.5 Å². The van der Waals surface area contributed by atoms with Gasteiger partial charge in [-0.1, -0.05) is 19.8 Å². The lowest BCUT2D eigenvalue weighted by Crippen LogP contribution is -2.35. The molecule has 1 rings (SSSR count). The van der Waals surface area contributed by atoms with Crippen molar-refractivity contribution in [2.75, 3.05) is 12.3 Å². The van der Waals surface area contributed by atoms with Gasteiger partial charge in [-0.25, -0.2) is 13.6 Å². The van der Waals surface area contributed by atoms with E-state index < -0.39 is 10.0 Å². The minimum atomic E-state index is -3.28. The van der Waals surface area contributed by atoms with Crippen LogP contribution in [0.5, 0.6) is 0 Å². The van der Waals surface area contributed by atoms with E-state index in [9.17, 15) is 8.42 Å². The second-order valence-electron chi connectivity index (χ2n) is 4.64. The predicted octanol–water partition coefficient (Wildman–Crippen LogP) is 0.833. The lowest BCUT2D eigenvalue weighted by molar-refractivity contribution is 0.302. The van der Waals surface area contributed by atoms with Crippen molar-refractivity contribution in [1.29, 1.82) is 0 Å². The highest BCUT2D eigenvalue weighted by Crippen LogP contribution is 2.23. The van der Waals surface area contributed by atoms with Crippen LogP contribution in [-0.2, 0) is 10.0 Å². The van der Waals surface area contributed by atoms with Gasteiger partial charge in [0.25, 0.3) is 0 Å². The van der Waals surface area contributed by atoms with Crippen LogP contribution in [0.3, 0.4) is 0 Å². The van der Waals surface area contributed by atoms with E-state index in [-0.39, 0.29) is 5.75 Å². The number of hydrogen-bond acceptors (Lipinski definition) is 3. The summed E-state index contributed by atoms with van der Waals surface area (Å²) in [5.41, 5.74) is 0. The zero-order chi connectivity index (χ0) is 11.3. The molecule has 1 aliphatic rings. The van der Waals surface area contributed by atoms with E-state index in [1.807, 2.05) is 0 Å². The molecule has 0 aromatic rings. The Bertz CT molecular complexity index is 277. The third-order valence-electron chi connectivity index (χ3n) is 2.98. The Morgan fingerprint density at radius 3 is 2.73 bits per heavy atom. The fourth-order valence-electron chi connectivity index (χ4n) is 2.20. The van der Waals surface area contributed by atoms with Crippen molar-refractivity contribution in [2.45, 2.75) is 45.1 Å². The molecule has 15 heavy (non-hydrogen) atoms. The van der Waals surface area contributed by atoms with E-state index in [4.69, 9.17) is 5.14 Å². The molecule has 1 saturated carbocycles. The zero-order valence-electron chi connectivity index (χ0n) is 9.41. The van der Waals surface area contributed by atoms with Crippen LogP contribution in [0.4, 0.5) is 0 Å². The van der Waals surface area contributed by atoms with Crippen LogP contribution in [0.25, 0.3) is 0 Å². The molecule has 2 atom stereocenters. The minimum Gasteiger partial charge on any atom is -0.314 e. The highest BCUT2D eigenvalue weighted by atomic mass is 32.2. The van der Waals surface area contributed by atoms with Gasteiger partial charge in [0.2, 0.25) is 10.0 Å². The van der Waals surface area contributed by atoms with Crippen LogP contribution in [0.2, 0.25) is 0 Å². The molecular formula is C10H22N2O2S. The SMILES string of the molecule is CC1CCCC(NCCCS(N)(=O)=O)C1. The number of primary sulfonamides is 1. The second-order valence-corrected chi connectivity index (χ2v) is 6.38. The molecule has 4 nitrogen and oxygen atoms in total. The minimum absolute atomic E-state index is 0.0856. The van der Waals surface area contributed by atoms with Gasteiger partial charge < -0.3 is 5.32 Å². The molecule has 0 aliphatic heterocycles. The van der Waals surface area contributed by atoms with Gasteiger partial charge in [0, 0.05) is 6.04 Å². The number of rotatable bonds is 5. The molecule has 2 unspecified atom stereocenters. The smallest absolute Gasteiger partial charge is 0.209 e. The zero-order valence-corrected chi connectivity index (χ0v) is 10.2. The van der Waals surface area contributed by atoms with Crippen LogP contribution >= 0.6 is 0 Å². The Kier molecular flexibility index (Phi) is 5.02. The second kappa shape index (κ2) is 5.82. The van der Waals surface area contributed by atoms with Crippen molar-refractivity contribution in [3.05, 3.63) is 0 Å². The third kappa shape index (κ3) is 6.12. The van der Waals surface area contributed by atoms with E-state index >= 15 is 0 Å². The first-order valence-corrected chi connectivity index (χ1v) is 7.43. The Morgan fingerprint density at radius 2 is 2.13 bits per heavy atom. The highest BCUT2D eigenvalue weighted by Gasteiger charge is 2.17. The van der Waals surface area contributed by atoms with Crippen LogP contribution in [0, 0.1) is 5.92 Å². The van der Waals surface area contributed by atoms with Crippen LogP contribution in [-0.4, -0.2) is 26.8 Å². The molecule has 0 aromatic carbocycles. The number of nitrogens with two attached hydrogens (primary N) is 1. The Balaban J connectivity index is 2.09. The third-order valence-corrected chi connectivity index (χ3v) is 3.83. The predicted molar refractivity (Wildman–Crippen MR) is 62.0 cm³/mol. The van der Waals surface area contributed by atoms with E-state index in [1.165, 1.54) is 25.7 Å². The van der Waals surface area contributed by atoms with Crippen molar-refractivity contribution in [3.8, 4) is 0 Å². The maximum atomic E-state index is 10.7. The average molecular weight is 234 g/mol. The van der Waals surface area contributed by atoms with E-state index in [2.05, 4.69) is 12.2 Å². The molecule has 0 bridgehead atoms. The molecular weight excluding hydrogens is 212 g/mol. The molecule has 90 valence electrons. The summed E-state index contributed by atoms with van der Waals surface area (Å²) in [7, 11) is -3.28. The van der Waals surface area contributed by atoms with Crippen LogP contribution in [0.15, 0.2) is 0 Å². The molecule has 0 saturated heterocycles. The van der Waals surface area contributed by atoms with Crippen molar-refractivity contribution < 1.29 is 8.42 Å². The van der Waals surface area contributed by atoms with Gasteiger partial charge in [0.1, 0.15) is 0 Å². The molecule has 3 N–H and O–H groups in total. The monoisotopic (exact) mass is 234 g/mol. The van der Waals surface area contributed by atoms with E-state index in [1.54, 1.807) is 0 Å². The lowest BCUT2D eigenvalue weighted by Gasteiger charge is -2.27. The van der Waals surface area contributed by atoms with Crippen molar-refractivity contribution in [2.24, 2.45) is 11.1 Å². The molecule has 5 heteroatoms. The van der Waals surface area contributed by atoms with Crippen molar-refractivity contribution in [3.63, 3.8) is 0 Å². The summed E-state index contributed by atoms with van der Waals surface area (Å²) < 4.78 is 21.4. The first-order valence-electron chi connectivity index (χ1n) is 5.71. The van der Waals surface area contributed by atoms with Crippen LogP contribution in [0.1, 0.15) is 39.0 Å². The molecule has 0 aromatic heterocycles. The summed E-state index contributed by atoms with van der Waals surface area (Å²) in [6, 6.07) is 0.578. The fourth-order valence-corrected chi connectivity index (χ4v) is 2.75. The standard InChI is InChI=1S/C10H22N2O2S/c1-9-4-2-5-10(8-9)12-6-3-7-15(11,13)14/h9-10,12H,2-8H2,1H3,(H2,11,13,14). The first-order chi connectivity index (χ1) is 6.97. The van der Waals surface area contributed by atoms with Gasteiger partial charge in [0.15, 0.2) is 0 Å². The average Bonchev–Trinajstić information content (AvgIpc) is 2.11. The quantitative estimate of drug-likeness (QED) is 0.692. The maximum absolute atomic E-state index is 10.7. The first kappa shape index (κ1) is 12.9. The van der Waals surface area contributed by atoms with E-state index in [0.717, 1.165) is 12.5 Å². The maximum Gasteiger partial charge on any atom is 0.209 e. The summed E-state index contributed by atoms with van der Waals surface area (Å²) in [6.07, 6.45) is 5.67. The summed E-state index contributed by atoms with van der Waals surface area (Å²) in [5.74, 6) is 0.886. The largest absolute Gasteiger partial charge is 0.314 e. The molecule has 0 spiro atoms. The molecule has 0 heterocycles. The Hall–Kier alpha value is -0.130. The topological polar surface area (TPSA) is 72.2 Å². The van der Waals surface area contributed by atoms with Gasteiger partial charge >= 0.3 is 0 Å². The van der Waals surface area contributed by atoms with Crippen molar-refractivity contribution in [1.82, 2.24) is 5.32 Å². The molecule has 1 fully saturated rings. The van der Waals surface area contributed by atoms with Gasteiger partial charge in [-0.15, -0.1) is 0 Å². The number of sulfonamides is 1. The lowest BCUT2D eigenvalue weighted by atomic mass is 9.87. The van der Waals surface area contributed by atoms with Gasteiger partial charge in [-0.2, -0.15) is 0 Å². The summed E-state index contributed by atoms with van der Waals surface area (Å²) in [6.45, 7) is 3.03. The highest BCUT2D eigenvalue weighted by molar-refractivity contribution is 7.89. The molecule has 0 amide bonds.